The number of rotatable bonds is 6. The summed E-state index contributed by atoms with van der Waals surface area (Å²) >= 11 is 3.44. The molecule has 1 amide bonds. The molecule has 1 rings (SSSR count). The van der Waals surface area contributed by atoms with Crippen LogP contribution in [0.3, 0.4) is 0 Å². The highest BCUT2D eigenvalue weighted by atomic mass is 32.2. The van der Waals surface area contributed by atoms with Crippen molar-refractivity contribution in [3.8, 4) is 0 Å². The molecule has 2 N–H and O–H groups in total. The van der Waals surface area contributed by atoms with Crippen molar-refractivity contribution in [1.82, 2.24) is 4.90 Å². The van der Waals surface area contributed by atoms with Gasteiger partial charge in [-0.1, -0.05) is 0 Å². The number of carbonyl (C=O) groups is 1. The van der Waals surface area contributed by atoms with Gasteiger partial charge in [-0.25, -0.2) is 0 Å². The van der Waals surface area contributed by atoms with Crippen LogP contribution in [-0.4, -0.2) is 35.9 Å². The van der Waals surface area contributed by atoms with Gasteiger partial charge in [0.1, 0.15) is 0 Å². The summed E-state index contributed by atoms with van der Waals surface area (Å²) in [6.45, 7) is 2.73. The fourth-order valence-corrected chi connectivity index (χ4v) is 2.97. The molecule has 0 saturated heterocycles. The van der Waals surface area contributed by atoms with E-state index in [1.165, 1.54) is 9.75 Å². The average molecular weight is 272 g/mol. The fraction of sp³-hybridized carbons (Fsp3) is 0.583. The number of nitrogens with zero attached hydrogens (tertiary/aromatic N) is 1. The van der Waals surface area contributed by atoms with Crippen LogP contribution in [-0.2, 0) is 11.3 Å². The average Bonchev–Trinajstić information content (AvgIpc) is 2.70. The van der Waals surface area contributed by atoms with Crippen LogP contribution in [0.5, 0.6) is 0 Å². The summed E-state index contributed by atoms with van der Waals surface area (Å²) in [4.78, 5) is 16.1. The third kappa shape index (κ3) is 4.69. The number of hydrogen-bond donors (Lipinski definition) is 1. The highest BCUT2D eigenvalue weighted by molar-refractivity contribution is 7.98. The molecule has 96 valence electrons. The third-order valence-corrected chi connectivity index (χ3v) is 4.14. The predicted octanol–water partition coefficient (Wildman–Crippen LogP) is 2.10. The molecular weight excluding hydrogens is 252 g/mol. The fourth-order valence-electron chi connectivity index (χ4n) is 1.53. The molecule has 0 unspecified atom stereocenters. The van der Waals surface area contributed by atoms with Gasteiger partial charge in [0.25, 0.3) is 0 Å². The zero-order chi connectivity index (χ0) is 12.8. The Morgan fingerprint density at radius 1 is 1.59 bits per heavy atom. The molecule has 0 aromatic carbocycles. The van der Waals surface area contributed by atoms with Crippen molar-refractivity contribution in [3.63, 3.8) is 0 Å². The van der Waals surface area contributed by atoms with Crippen LogP contribution in [0.15, 0.2) is 12.1 Å². The van der Waals surface area contributed by atoms with Gasteiger partial charge in [0.05, 0.1) is 12.6 Å². The lowest BCUT2D eigenvalue weighted by Gasteiger charge is -2.20. The van der Waals surface area contributed by atoms with E-state index in [4.69, 9.17) is 5.73 Å². The lowest BCUT2D eigenvalue weighted by Crippen LogP contribution is -2.41. The summed E-state index contributed by atoms with van der Waals surface area (Å²) in [7, 11) is 1.82. The molecule has 0 aliphatic carbocycles. The normalized spacial score (nSPS) is 12.5. The molecule has 0 bridgehead atoms. The first-order valence-corrected chi connectivity index (χ1v) is 7.80. The lowest BCUT2D eigenvalue weighted by molar-refractivity contribution is -0.131. The van der Waals surface area contributed by atoms with E-state index >= 15 is 0 Å². The molecular formula is C12H20N2OS2. The molecule has 17 heavy (non-hydrogen) atoms. The second kappa shape index (κ2) is 7.03. The monoisotopic (exact) mass is 272 g/mol. The first-order chi connectivity index (χ1) is 8.04. The number of likely N-dealkylation sites (N-methyl/N-ethyl adjacent to an activating group) is 1. The maximum Gasteiger partial charge on any atom is 0.239 e. The van der Waals surface area contributed by atoms with Crippen LogP contribution in [0.25, 0.3) is 0 Å². The molecule has 1 heterocycles. The van der Waals surface area contributed by atoms with Crippen LogP contribution >= 0.6 is 23.1 Å². The van der Waals surface area contributed by atoms with Crippen LogP contribution in [0, 0.1) is 6.92 Å². The van der Waals surface area contributed by atoms with Crippen molar-refractivity contribution in [3.05, 3.63) is 21.9 Å². The molecule has 1 aromatic heterocycles. The molecule has 1 aromatic rings. The van der Waals surface area contributed by atoms with Crippen molar-refractivity contribution in [1.29, 1.82) is 0 Å². The van der Waals surface area contributed by atoms with E-state index in [0.29, 0.717) is 6.54 Å². The molecule has 0 aliphatic heterocycles. The second-order valence-electron chi connectivity index (χ2n) is 4.09. The van der Waals surface area contributed by atoms with Gasteiger partial charge >= 0.3 is 0 Å². The topological polar surface area (TPSA) is 46.3 Å². The van der Waals surface area contributed by atoms with Crippen LogP contribution in [0.4, 0.5) is 0 Å². The van der Waals surface area contributed by atoms with E-state index in [1.807, 2.05) is 13.3 Å². The van der Waals surface area contributed by atoms with Gasteiger partial charge < -0.3 is 10.6 Å². The molecule has 0 fully saturated rings. The number of aryl methyl sites for hydroxylation is 1. The number of thioether (sulfide) groups is 1. The number of thiophene rings is 1. The van der Waals surface area contributed by atoms with E-state index in [9.17, 15) is 4.79 Å². The third-order valence-electron chi connectivity index (χ3n) is 2.52. The summed E-state index contributed by atoms with van der Waals surface area (Å²) in [6.07, 6.45) is 2.77. The van der Waals surface area contributed by atoms with Gasteiger partial charge in [-0.2, -0.15) is 11.8 Å². The number of carbonyl (C=O) groups excluding carboxylic acids is 1. The zero-order valence-electron chi connectivity index (χ0n) is 10.6. The maximum atomic E-state index is 12.0. The van der Waals surface area contributed by atoms with Crippen LogP contribution in [0.1, 0.15) is 16.2 Å². The number of nitrogens with two attached hydrogens (primary N) is 1. The van der Waals surface area contributed by atoms with Crippen molar-refractivity contribution >= 4 is 29.0 Å². The summed E-state index contributed by atoms with van der Waals surface area (Å²) < 4.78 is 0. The summed E-state index contributed by atoms with van der Waals surface area (Å²) in [6, 6.07) is 3.77. The Hall–Kier alpha value is -0.520. The van der Waals surface area contributed by atoms with Gasteiger partial charge in [-0.3, -0.25) is 4.79 Å². The molecule has 3 nitrogen and oxygen atoms in total. The summed E-state index contributed by atoms with van der Waals surface area (Å²) in [5, 5.41) is 0. The van der Waals surface area contributed by atoms with Crippen molar-refractivity contribution in [2.24, 2.45) is 5.73 Å². The van der Waals surface area contributed by atoms with E-state index in [2.05, 4.69) is 19.1 Å². The molecule has 0 spiro atoms. The van der Waals surface area contributed by atoms with E-state index in [0.717, 1.165) is 12.2 Å². The van der Waals surface area contributed by atoms with Gasteiger partial charge in [-0.05, 0) is 37.5 Å². The van der Waals surface area contributed by atoms with Gasteiger partial charge in [0.15, 0.2) is 0 Å². The van der Waals surface area contributed by atoms with Crippen molar-refractivity contribution in [2.75, 3.05) is 19.1 Å². The van der Waals surface area contributed by atoms with Crippen LogP contribution < -0.4 is 5.73 Å². The minimum absolute atomic E-state index is 0.0325. The Morgan fingerprint density at radius 3 is 2.82 bits per heavy atom. The first-order valence-electron chi connectivity index (χ1n) is 5.59. The smallest absolute Gasteiger partial charge is 0.239 e. The largest absolute Gasteiger partial charge is 0.339 e. The quantitative estimate of drug-likeness (QED) is 0.862. The van der Waals surface area contributed by atoms with Gasteiger partial charge in [-0.15, -0.1) is 11.3 Å². The van der Waals surface area contributed by atoms with Crippen molar-refractivity contribution in [2.45, 2.75) is 25.9 Å². The zero-order valence-corrected chi connectivity index (χ0v) is 12.2. The van der Waals surface area contributed by atoms with E-state index < -0.39 is 0 Å². The Labute approximate surface area is 111 Å². The molecule has 5 heteroatoms. The van der Waals surface area contributed by atoms with Crippen molar-refractivity contribution < 1.29 is 4.79 Å². The molecule has 0 aliphatic rings. The summed E-state index contributed by atoms with van der Waals surface area (Å²) in [5.74, 6) is 0.962. The Kier molecular flexibility index (Phi) is 6.02. The van der Waals surface area contributed by atoms with E-state index in [-0.39, 0.29) is 11.9 Å². The van der Waals surface area contributed by atoms with Crippen LogP contribution in [0.2, 0.25) is 0 Å². The first kappa shape index (κ1) is 14.5. The molecule has 0 saturated carbocycles. The van der Waals surface area contributed by atoms with Gasteiger partial charge in [0, 0.05) is 16.8 Å². The Bertz CT molecular complexity index is 365. The number of amides is 1. The van der Waals surface area contributed by atoms with Gasteiger partial charge in [0.2, 0.25) is 5.91 Å². The Balaban J connectivity index is 2.46. The van der Waals surface area contributed by atoms with E-state index in [1.54, 1.807) is 28.0 Å². The minimum atomic E-state index is -0.367. The highest BCUT2D eigenvalue weighted by Gasteiger charge is 2.17. The minimum Gasteiger partial charge on any atom is -0.339 e. The highest BCUT2D eigenvalue weighted by Crippen LogP contribution is 2.17. The predicted molar refractivity (Wildman–Crippen MR) is 76.5 cm³/mol. The lowest BCUT2D eigenvalue weighted by atomic mass is 10.2. The SMILES string of the molecule is CSCC[C@H](N)C(=O)N(C)Cc1ccc(C)s1. The molecule has 1 atom stereocenters. The maximum absolute atomic E-state index is 12.0. The molecule has 0 radical (unpaired) electrons. The summed E-state index contributed by atoms with van der Waals surface area (Å²) in [5.41, 5.74) is 5.86. The Morgan fingerprint density at radius 2 is 2.29 bits per heavy atom. The standard InChI is InChI=1S/C12H20N2OS2/c1-9-4-5-10(17-9)8-14(2)12(15)11(13)6-7-16-3/h4-5,11H,6-8,13H2,1-3H3/t11-/m0/s1. The number of hydrogen-bond acceptors (Lipinski definition) is 4. The second-order valence-corrected chi connectivity index (χ2v) is 6.45.